The Labute approximate surface area is 83.1 Å². The largest absolute Gasteiger partial charge is 0.383 e. The summed E-state index contributed by atoms with van der Waals surface area (Å²) < 4.78 is 0. The lowest BCUT2D eigenvalue weighted by molar-refractivity contribution is 0.638. The summed E-state index contributed by atoms with van der Waals surface area (Å²) in [5.74, 6) is 0.438. The zero-order chi connectivity index (χ0) is 9.84. The van der Waals surface area contributed by atoms with Crippen molar-refractivity contribution < 1.29 is 0 Å². The highest BCUT2D eigenvalue weighted by Gasteiger charge is 2.09. The molecular formula is C9H14ClN3. The Morgan fingerprint density at radius 1 is 1.54 bits per heavy atom. The number of aromatic nitrogens is 1. The molecule has 0 saturated heterocycles. The van der Waals surface area contributed by atoms with Crippen LogP contribution in [0.1, 0.15) is 31.4 Å². The zero-order valence-corrected chi connectivity index (χ0v) is 8.38. The summed E-state index contributed by atoms with van der Waals surface area (Å²) in [4.78, 5) is 3.94. The number of halogens is 1. The second-order valence-electron chi connectivity index (χ2n) is 3.00. The van der Waals surface area contributed by atoms with Gasteiger partial charge in [0, 0.05) is 11.6 Å². The Kier molecular flexibility index (Phi) is 3.51. The van der Waals surface area contributed by atoms with E-state index < -0.39 is 0 Å². The molecule has 4 N–H and O–H groups in total. The Morgan fingerprint density at radius 3 is 2.77 bits per heavy atom. The number of nitrogens with two attached hydrogens (primary N) is 2. The normalized spacial score (nSPS) is 12.8. The molecule has 0 aliphatic rings. The number of nitrogen functional groups attached to an aromatic ring is 1. The lowest BCUT2D eigenvalue weighted by Crippen LogP contribution is -2.12. The van der Waals surface area contributed by atoms with Crippen molar-refractivity contribution in [2.24, 2.45) is 5.73 Å². The molecule has 0 radical (unpaired) electrons. The average molecular weight is 200 g/mol. The fraction of sp³-hybridized carbons (Fsp3) is 0.444. The number of nitrogens with zero attached hydrogens (tertiary/aromatic N) is 1. The predicted molar refractivity (Wildman–Crippen MR) is 55.5 cm³/mol. The number of anilines is 1. The van der Waals surface area contributed by atoms with E-state index in [0.29, 0.717) is 11.0 Å². The summed E-state index contributed by atoms with van der Waals surface area (Å²) in [5, 5.41) is 0.407. The van der Waals surface area contributed by atoms with Gasteiger partial charge in [-0.2, -0.15) is 0 Å². The van der Waals surface area contributed by atoms with Crippen molar-refractivity contribution in [3.05, 3.63) is 22.8 Å². The van der Waals surface area contributed by atoms with Crippen LogP contribution in [-0.4, -0.2) is 4.98 Å². The van der Waals surface area contributed by atoms with Gasteiger partial charge in [-0.05, 0) is 12.5 Å². The van der Waals surface area contributed by atoms with Crippen molar-refractivity contribution >= 4 is 17.4 Å². The summed E-state index contributed by atoms with van der Waals surface area (Å²) in [7, 11) is 0. The van der Waals surface area contributed by atoms with E-state index in [1.165, 1.54) is 0 Å². The highest BCUT2D eigenvalue weighted by atomic mass is 35.5. The van der Waals surface area contributed by atoms with Crippen molar-refractivity contribution in [2.75, 3.05) is 5.73 Å². The van der Waals surface area contributed by atoms with Crippen LogP contribution in [0.25, 0.3) is 0 Å². The van der Waals surface area contributed by atoms with Gasteiger partial charge in [-0.3, -0.25) is 0 Å². The molecule has 0 aliphatic carbocycles. The quantitative estimate of drug-likeness (QED) is 0.733. The first-order chi connectivity index (χ1) is 6.15. The molecule has 0 amide bonds. The number of pyridine rings is 1. The van der Waals surface area contributed by atoms with Crippen molar-refractivity contribution in [3.8, 4) is 0 Å². The van der Waals surface area contributed by atoms with Crippen molar-refractivity contribution in [2.45, 2.75) is 25.8 Å². The van der Waals surface area contributed by atoms with Gasteiger partial charge in [-0.25, -0.2) is 4.98 Å². The van der Waals surface area contributed by atoms with Crippen LogP contribution in [0.4, 0.5) is 5.82 Å². The molecule has 0 unspecified atom stereocenters. The third-order valence-corrected chi connectivity index (χ3v) is 2.13. The molecule has 0 aromatic carbocycles. The van der Waals surface area contributed by atoms with Crippen LogP contribution in [0.5, 0.6) is 0 Å². The standard InChI is InChI=1S/C9H14ClN3/c1-2-3-7(11)6-4-5-8(10)13-9(6)12/h4-5,7H,2-3,11H2,1H3,(H2,12,13)/t7-/m0/s1. The Balaban J connectivity index is 2.88. The van der Waals surface area contributed by atoms with E-state index in [-0.39, 0.29) is 6.04 Å². The first kappa shape index (κ1) is 10.3. The summed E-state index contributed by atoms with van der Waals surface area (Å²) in [6.45, 7) is 2.08. The number of hydrogen-bond acceptors (Lipinski definition) is 3. The van der Waals surface area contributed by atoms with Gasteiger partial charge in [0.15, 0.2) is 0 Å². The Hall–Kier alpha value is -0.800. The molecule has 0 saturated carbocycles. The topological polar surface area (TPSA) is 64.9 Å². The fourth-order valence-corrected chi connectivity index (χ4v) is 1.39. The predicted octanol–water partition coefficient (Wildman–Crippen LogP) is 2.12. The Morgan fingerprint density at radius 2 is 2.23 bits per heavy atom. The molecule has 1 rings (SSSR count). The van der Waals surface area contributed by atoms with E-state index in [9.17, 15) is 0 Å². The maximum Gasteiger partial charge on any atom is 0.131 e. The monoisotopic (exact) mass is 199 g/mol. The van der Waals surface area contributed by atoms with Crippen LogP contribution in [0, 0.1) is 0 Å². The molecule has 4 heteroatoms. The van der Waals surface area contributed by atoms with Crippen LogP contribution in [0.2, 0.25) is 5.15 Å². The first-order valence-corrected chi connectivity index (χ1v) is 4.70. The molecular weight excluding hydrogens is 186 g/mol. The minimum atomic E-state index is -0.0326. The van der Waals surface area contributed by atoms with E-state index in [4.69, 9.17) is 23.1 Å². The third-order valence-electron chi connectivity index (χ3n) is 1.92. The maximum absolute atomic E-state index is 5.89. The van der Waals surface area contributed by atoms with E-state index in [0.717, 1.165) is 18.4 Å². The lowest BCUT2D eigenvalue weighted by Gasteiger charge is -2.12. The molecule has 0 fully saturated rings. The lowest BCUT2D eigenvalue weighted by atomic mass is 10.0. The summed E-state index contributed by atoms with van der Waals surface area (Å²) in [5.41, 5.74) is 12.5. The number of hydrogen-bond donors (Lipinski definition) is 2. The van der Waals surface area contributed by atoms with Crippen LogP contribution in [0.15, 0.2) is 12.1 Å². The van der Waals surface area contributed by atoms with Gasteiger partial charge in [0.1, 0.15) is 11.0 Å². The smallest absolute Gasteiger partial charge is 0.131 e. The summed E-state index contributed by atoms with van der Waals surface area (Å²) in [6.07, 6.45) is 1.94. The third kappa shape index (κ3) is 2.57. The van der Waals surface area contributed by atoms with Gasteiger partial charge in [-0.15, -0.1) is 0 Å². The van der Waals surface area contributed by atoms with Crippen molar-refractivity contribution in [3.63, 3.8) is 0 Å². The molecule has 0 bridgehead atoms. The van der Waals surface area contributed by atoms with Crippen LogP contribution < -0.4 is 11.5 Å². The molecule has 3 nitrogen and oxygen atoms in total. The Bertz CT molecular complexity index is 288. The highest BCUT2D eigenvalue weighted by molar-refractivity contribution is 6.29. The average Bonchev–Trinajstić information content (AvgIpc) is 2.04. The van der Waals surface area contributed by atoms with E-state index in [1.807, 2.05) is 6.07 Å². The zero-order valence-electron chi connectivity index (χ0n) is 7.63. The fourth-order valence-electron chi connectivity index (χ4n) is 1.24. The molecule has 1 aromatic rings. The minimum Gasteiger partial charge on any atom is -0.383 e. The van der Waals surface area contributed by atoms with Gasteiger partial charge in [-0.1, -0.05) is 31.0 Å². The van der Waals surface area contributed by atoms with Crippen molar-refractivity contribution in [1.29, 1.82) is 0 Å². The van der Waals surface area contributed by atoms with Crippen LogP contribution in [0.3, 0.4) is 0 Å². The molecule has 13 heavy (non-hydrogen) atoms. The maximum atomic E-state index is 5.89. The molecule has 1 atom stereocenters. The highest BCUT2D eigenvalue weighted by Crippen LogP contribution is 2.22. The first-order valence-electron chi connectivity index (χ1n) is 4.32. The van der Waals surface area contributed by atoms with Gasteiger partial charge >= 0.3 is 0 Å². The second kappa shape index (κ2) is 4.44. The van der Waals surface area contributed by atoms with E-state index in [1.54, 1.807) is 6.07 Å². The molecule has 1 heterocycles. The van der Waals surface area contributed by atoms with Crippen LogP contribution in [-0.2, 0) is 0 Å². The number of rotatable bonds is 3. The van der Waals surface area contributed by atoms with Gasteiger partial charge < -0.3 is 11.5 Å². The molecule has 72 valence electrons. The van der Waals surface area contributed by atoms with Gasteiger partial charge in [0.2, 0.25) is 0 Å². The SMILES string of the molecule is CCC[C@H](N)c1ccc(Cl)nc1N. The van der Waals surface area contributed by atoms with Crippen LogP contribution >= 0.6 is 11.6 Å². The minimum absolute atomic E-state index is 0.0326. The second-order valence-corrected chi connectivity index (χ2v) is 3.39. The van der Waals surface area contributed by atoms with Gasteiger partial charge in [0.25, 0.3) is 0 Å². The van der Waals surface area contributed by atoms with E-state index in [2.05, 4.69) is 11.9 Å². The van der Waals surface area contributed by atoms with Crippen molar-refractivity contribution in [1.82, 2.24) is 4.98 Å². The van der Waals surface area contributed by atoms with Gasteiger partial charge in [0.05, 0.1) is 0 Å². The summed E-state index contributed by atoms with van der Waals surface area (Å²) >= 11 is 5.67. The van der Waals surface area contributed by atoms with E-state index >= 15 is 0 Å². The molecule has 1 aromatic heterocycles. The summed E-state index contributed by atoms with van der Waals surface area (Å²) in [6, 6.07) is 3.52. The molecule has 0 aliphatic heterocycles. The molecule has 0 spiro atoms.